The van der Waals surface area contributed by atoms with E-state index in [-0.39, 0.29) is 62.3 Å². The fraction of sp³-hybridized carbons (Fsp3) is 0.314. The Hall–Kier alpha value is -4.15. The maximum atomic E-state index is 14.5. The summed E-state index contributed by atoms with van der Waals surface area (Å²) < 4.78 is 102. The molecule has 7 rings (SSSR count). The Labute approximate surface area is 313 Å². The molecule has 2 saturated heterocycles. The molecule has 18 heteroatoms. The first kappa shape index (κ1) is 37.2. The van der Waals surface area contributed by atoms with Crippen molar-refractivity contribution in [3.8, 4) is 11.5 Å². The number of amides is 4. The molecule has 0 spiro atoms. The van der Waals surface area contributed by atoms with Gasteiger partial charge in [-0.2, -0.15) is 26.3 Å². The Balaban J connectivity index is 1.40. The number of halogens is 10. The number of phenolic OH excluding ortho intramolecular Hbond substituents is 1. The van der Waals surface area contributed by atoms with Gasteiger partial charge in [0.2, 0.25) is 11.8 Å². The van der Waals surface area contributed by atoms with Crippen LogP contribution in [0.15, 0.2) is 70.7 Å². The van der Waals surface area contributed by atoms with E-state index in [2.05, 4.69) is 15.9 Å². The van der Waals surface area contributed by atoms with E-state index in [1.54, 1.807) is 0 Å². The van der Waals surface area contributed by atoms with Crippen LogP contribution in [0.3, 0.4) is 0 Å². The molecule has 8 nitrogen and oxygen atoms in total. The summed E-state index contributed by atoms with van der Waals surface area (Å²) in [4.78, 5) is 53.2. The normalized spacial score (nSPS) is 28.5. The molecule has 3 aromatic rings. The summed E-state index contributed by atoms with van der Waals surface area (Å²) in [6.45, 7) is 0. The third-order valence-electron chi connectivity index (χ3n) is 10.3. The highest BCUT2D eigenvalue weighted by atomic mass is 79.9. The number of allylic oxidation sites excluding steroid dienone is 2. The van der Waals surface area contributed by atoms with Gasteiger partial charge in [-0.25, -0.2) is 14.2 Å². The molecule has 0 bridgehead atoms. The van der Waals surface area contributed by atoms with Crippen LogP contribution >= 0.6 is 39.1 Å². The molecule has 2 aliphatic carbocycles. The van der Waals surface area contributed by atoms with Crippen molar-refractivity contribution in [1.82, 2.24) is 0 Å². The second kappa shape index (κ2) is 12.2. The zero-order chi connectivity index (χ0) is 38.7. The molecule has 0 aromatic heterocycles. The van der Waals surface area contributed by atoms with Gasteiger partial charge in [-0.1, -0.05) is 11.6 Å². The molecule has 1 N–H and O–H groups in total. The number of ether oxygens (including phenoxy) is 1. The second-order valence-electron chi connectivity index (χ2n) is 13.1. The van der Waals surface area contributed by atoms with Gasteiger partial charge in [0.25, 0.3) is 11.8 Å². The summed E-state index contributed by atoms with van der Waals surface area (Å²) >= 11 is 17.8. The van der Waals surface area contributed by atoms with Crippen molar-refractivity contribution in [2.75, 3.05) is 16.9 Å². The standard InChI is InChI=1S/C35H22BrCl2F7N2O6/c1-53-24-9-14(8-23(36)27(24)48)26-20-6-7-21-25(29(50)46(28(21)49)19-11-15(34(40,41)42)10-16(12-19)35(43,44)45)22(20)13-32(37)30(51)47(31(52)33(26,32)38)18-4-2-17(39)3-5-18/h2-6,8-12,21-22,25-26,48H,7,13H2,1H3. The molecule has 4 aliphatic rings. The van der Waals surface area contributed by atoms with Gasteiger partial charge in [0, 0.05) is 5.92 Å². The number of carbonyl (C=O) groups is 4. The van der Waals surface area contributed by atoms with E-state index in [0.29, 0.717) is 4.90 Å². The molecule has 1 saturated carbocycles. The number of rotatable bonds is 4. The molecule has 6 atom stereocenters. The van der Waals surface area contributed by atoms with Crippen LogP contribution in [0, 0.1) is 23.6 Å². The van der Waals surface area contributed by atoms with Crippen LogP contribution in [0.1, 0.15) is 35.4 Å². The number of carbonyl (C=O) groups excluding carboxylic acids is 4. The average Bonchev–Trinajstić information content (AvgIpc) is 3.43. The maximum Gasteiger partial charge on any atom is 0.416 e. The minimum Gasteiger partial charge on any atom is -0.503 e. The first-order chi connectivity index (χ1) is 24.6. The summed E-state index contributed by atoms with van der Waals surface area (Å²) in [5, 5.41) is 10.6. The lowest BCUT2D eigenvalue weighted by molar-refractivity contribution is -0.143. The predicted octanol–water partition coefficient (Wildman–Crippen LogP) is 8.11. The van der Waals surface area contributed by atoms with Gasteiger partial charge in [-0.05, 0) is 94.9 Å². The van der Waals surface area contributed by atoms with Crippen molar-refractivity contribution in [2.45, 2.75) is 40.9 Å². The number of nitrogens with zero attached hydrogens (tertiary/aromatic N) is 2. The van der Waals surface area contributed by atoms with Crippen molar-refractivity contribution in [1.29, 1.82) is 0 Å². The smallest absolute Gasteiger partial charge is 0.416 e. The molecule has 6 unspecified atom stereocenters. The number of fused-ring (bicyclic) bond motifs is 4. The van der Waals surface area contributed by atoms with Gasteiger partial charge in [0.1, 0.15) is 5.82 Å². The van der Waals surface area contributed by atoms with Crippen molar-refractivity contribution in [3.63, 3.8) is 0 Å². The largest absolute Gasteiger partial charge is 0.503 e. The Morgan fingerprint density at radius 2 is 1.43 bits per heavy atom. The van der Waals surface area contributed by atoms with E-state index in [9.17, 15) is 55.0 Å². The molecular formula is C35H22BrCl2F7N2O6. The molecule has 53 heavy (non-hydrogen) atoms. The Bertz CT molecular complexity index is 2130. The number of alkyl halides is 8. The summed E-state index contributed by atoms with van der Waals surface area (Å²) in [7, 11) is 1.23. The van der Waals surface area contributed by atoms with Gasteiger partial charge < -0.3 is 9.84 Å². The van der Waals surface area contributed by atoms with Crippen LogP contribution in [-0.2, 0) is 31.5 Å². The highest BCUT2D eigenvalue weighted by Gasteiger charge is 2.76. The zero-order valence-corrected chi connectivity index (χ0v) is 29.8. The Morgan fingerprint density at radius 3 is 2.00 bits per heavy atom. The molecule has 3 aromatic carbocycles. The monoisotopic (exact) mass is 848 g/mol. The minimum atomic E-state index is -5.28. The third-order valence-corrected chi connectivity index (χ3v) is 12.3. The van der Waals surface area contributed by atoms with E-state index in [1.165, 1.54) is 25.3 Å². The van der Waals surface area contributed by atoms with Gasteiger partial charge in [-0.15, -0.1) is 23.2 Å². The number of imide groups is 2. The number of anilines is 2. The average molecular weight is 850 g/mol. The SMILES string of the molecule is COc1cc(C2C3=CCC4C(=O)N(c5cc(C(F)(F)F)cc(C(F)(F)F)c5)C(=O)C4C3CC3(Cl)C(=O)N(c4ccc(F)cc4)C(=O)C23Cl)cc(Br)c1O. The highest BCUT2D eigenvalue weighted by Crippen LogP contribution is 2.66. The van der Waals surface area contributed by atoms with E-state index in [4.69, 9.17) is 27.9 Å². The summed E-state index contributed by atoms with van der Waals surface area (Å²) in [5.41, 5.74) is -4.18. The van der Waals surface area contributed by atoms with Gasteiger partial charge >= 0.3 is 12.4 Å². The summed E-state index contributed by atoms with van der Waals surface area (Å²) in [6.07, 6.45) is -9.91. The van der Waals surface area contributed by atoms with Crippen LogP contribution < -0.4 is 14.5 Å². The number of benzene rings is 3. The second-order valence-corrected chi connectivity index (χ2v) is 15.2. The van der Waals surface area contributed by atoms with Gasteiger partial charge in [0.05, 0.1) is 45.9 Å². The fourth-order valence-corrected chi connectivity index (χ4v) is 9.41. The van der Waals surface area contributed by atoms with Crippen molar-refractivity contribution >= 4 is 74.1 Å². The maximum absolute atomic E-state index is 14.5. The fourth-order valence-electron chi connectivity index (χ4n) is 8.01. The molecule has 2 aliphatic heterocycles. The van der Waals surface area contributed by atoms with E-state index in [1.807, 2.05) is 0 Å². The summed E-state index contributed by atoms with van der Waals surface area (Å²) in [6, 6.07) is 7.35. The van der Waals surface area contributed by atoms with Gasteiger partial charge in [0.15, 0.2) is 21.2 Å². The predicted molar refractivity (Wildman–Crippen MR) is 178 cm³/mol. The highest BCUT2D eigenvalue weighted by molar-refractivity contribution is 9.10. The van der Waals surface area contributed by atoms with E-state index >= 15 is 0 Å². The number of phenols is 1. The lowest BCUT2D eigenvalue weighted by Gasteiger charge is -2.50. The third kappa shape index (κ3) is 5.37. The van der Waals surface area contributed by atoms with Crippen LogP contribution in [0.25, 0.3) is 0 Å². The molecule has 4 amide bonds. The molecule has 3 fully saturated rings. The van der Waals surface area contributed by atoms with Gasteiger partial charge in [-0.3, -0.25) is 19.2 Å². The van der Waals surface area contributed by atoms with Crippen molar-refractivity contribution in [2.24, 2.45) is 17.8 Å². The minimum absolute atomic E-state index is 0.0548. The number of aromatic hydroxyl groups is 1. The Kier molecular flexibility index (Phi) is 8.55. The molecule has 2 heterocycles. The lowest BCUT2D eigenvalue weighted by atomic mass is 9.56. The first-order valence-corrected chi connectivity index (χ1v) is 17.2. The van der Waals surface area contributed by atoms with E-state index in [0.717, 1.165) is 24.3 Å². The van der Waals surface area contributed by atoms with E-state index < -0.39 is 98.5 Å². The molecule has 0 radical (unpaired) electrons. The molecular weight excluding hydrogens is 828 g/mol. The number of methoxy groups -OCH3 is 1. The Morgan fingerprint density at radius 1 is 0.830 bits per heavy atom. The van der Waals surface area contributed by atoms with Crippen molar-refractivity contribution in [3.05, 3.63) is 93.2 Å². The van der Waals surface area contributed by atoms with Crippen LogP contribution in [0.2, 0.25) is 0 Å². The first-order valence-electron chi connectivity index (χ1n) is 15.6. The van der Waals surface area contributed by atoms with Crippen molar-refractivity contribution < 1.29 is 59.8 Å². The lowest BCUT2D eigenvalue weighted by Crippen LogP contribution is -2.60. The topological polar surface area (TPSA) is 104 Å². The van der Waals surface area contributed by atoms with Crippen LogP contribution in [-0.4, -0.2) is 45.6 Å². The number of hydrogen-bond donors (Lipinski definition) is 1. The zero-order valence-electron chi connectivity index (χ0n) is 26.7. The molecule has 278 valence electrons. The quantitative estimate of drug-likeness (QED) is 0.123. The van der Waals surface area contributed by atoms with Crippen LogP contribution in [0.5, 0.6) is 11.5 Å². The number of hydrogen-bond acceptors (Lipinski definition) is 6. The summed E-state index contributed by atoms with van der Waals surface area (Å²) in [5.74, 6) is -10.9. The van der Waals surface area contributed by atoms with Crippen LogP contribution in [0.4, 0.5) is 42.1 Å².